The van der Waals surface area contributed by atoms with E-state index in [2.05, 4.69) is 16.7 Å². The Balaban J connectivity index is 1.69. The highest BCUT2D eigenvalue weighted by Crippen LogP contribution is 2.22. The molecular weight excluding hydrogens is 376 g/mol. The van der Waals surface area contributed by atoms with Crippen LogP contribution in [0.5, 0.6) is 5.75 Å². The van der Waals surface area contributed by atoms with Crippen molar-refractivity contribution in [1.29, 1.82) is 0 Å². The Hall–Kier alpha value is -3.60. The van der Waals surface area contributed by atoms with Crippen LogP contribution in [0.15, 0.2) is 66.7 Å². The largest absolute Gasteiger partial charge is 0.489 e. The maximum atomic E-state index is 12.8. The number of aryl methyl sites for hydroxylation is 2. The number of anilines is 2. The van der Waals surface area contributed by atoms with E-state index >= 15 is 0 Å². The van der Waals surface area contributed by atoms with Crippen LogP contribution in [0.25, 0.3) is 0 Å². The van der Waals surface area contributed by atoms with Crippen molar-refractivity contribution in [3.63, 3.8) is 0 Å². The van der Waals surface area contributed by atoms with Gasteiger partial charge in [-0.3, -0.25) is 9.59 Å². The van der Waals surface area contributed by atoms with Gasteiger partial charge in [0.05, 0.1) is 0 Å². The van der Waals surface area contributed by atoms with Gasteiger partial charge in [-0.05, 0) is 55.3 Å². The van der Waals surface area contributed by atoms with Crippen LogP contribution >= 0.6 is 0 Å². The van der Waals surface area contributed by atoms with Gasteiger partial charge in [-0.2, -0.15) is 0 Å². The van der Waals surface area contributed by atoms with Crippen LogP contribution in [0.4, 0.5) is 11.4 Å². The number of carbonyl (C=O) groups is 2. The average molecular weight is 402 g/mol. The van der Waals surface area contributed by atoms with Gasteiger partial charge >= 0.3 is 0 Å². The van der Waals surface area contributed by atoms with E-state index in [0.29, 0.717) is 35.7 Å². The fourth-order valence-electron chi connectivity index (χ4n) is 2.97. The third-order valence-corrected chi connectivity index (χ3v) is 4.67. The highest BCUT2D eigenvalue weighted by molar-refractivity contribution is 6.05. The summed E-state index contributed by atoms with van der Waals surface area (Å²) >= 11 is 0. The minimum absolute atomic E-state index is 0.0745. The zero-order chi connectivity index (χ0) is 21.5. The Morgan fingerprint density at radius 3 is 2.47 bits per heavy atom. The van der Waals surface area contributed by atoms with Crippen LogP contribution in [-0.4, -0.2) is 11.8 Å². The number of carbonyl (C=O) groups excluding carboxylic acids is 2. The van der Waals surface area contributed by atoms with Gasteiger partial charge in [0, 0.05) is 23.4 Å². The molecule has 5 nitrogen and oxygen atoms in total. The summed E-state index contributed by atoms with van der Waals surface area (Å²) in [5.41, 5.74) is 4.96. The molecule has 0 radical (unpaired) electrons. The molecule has 0 aromatic heterocycles. The molecule has 0 saturated heterocycles. The summed E-state index contributed by atoms with van der Waals surface area (Å²) in [5.74, 6) is 0.317. The van der Waals surface area contributed by atoms with Gasteiger partial charge in [0.15, 0.2) is 0 Å². The molecule has 5 heteroatoms. The van der Waals surface area contributed by atoms with E-state index in [0.717, 1.165) is 11.1 Å². The Morgan fingerprint density at radius 1 is 0.900 bits per heavy atom. The summed E-state index contributed by atoms with van der Waals surface area (Å²) in [5, 5.41) is 5.73. The Kier molecular flexibility index (Phi) is 6.86. The summed E-state index contributed by atoms with van der Waals surface area (Å²) in [7, 11) is 0. The molecule has 3 rings (SSSR count). The highest BCUT2D eigenvalue weighted by Gasteiger charge is 2.10. The van der Waals surface area contributed by atoms with Crippen LogP contribution in [0, 0.1) is 13.8 Å². The first-order chi connectivity index (χ1) is 14.4. The van der Waals surface area contributed by atoms with Gasteiger partial charge in [-0.1, -0.05) is 48.9 Å². The molecule has 0 aliphatic carbocycles. The normalized spacial score (nSPS) is 10.4. The van der Waals surface area contributed by atoms with E-state index in [1.165, 1.54) is 5.56 Å². The van der Waals surface area contributed by atoms with E-state index in [4.69, 9.17) is 4.74 Å². The molecule has 154 valence electrons. The van der Waals surface area contributed by atoms with Gasteiger partial charge in [0.1, 0.15) is 12.4 Å². The fraction of sp³-hybridized carbons (Fsp3) is 0.200. The summed E-state index contributed by atoms with van der Waals surface area (Å²) in [6.07, 6.45) is 0.394. The molecule has 2 N–H and O–H groups in total. The third kappa shape index (κ3) is 5.70. The number of benzene rings is 3. The average Bonchev–Trinajstić information content (AvgIpc) is 2.74. The maximum absolute atomic E-state index is 12.8. The standard InChI is InChI=1S/C25H26N2O3/c1-4-24(28)26-21-12-11-18(3)23(15-21)27-25(29)20-9-6-10-22(14-20)30-16-19-8-5-7-17(2)13-19/h5-15H,4,16H2,1-3H3,(H,26,28)(H,27,29). The fourth-order valence-corrected chi connectivity index (χ4v) is 2.97. The number of nitrogens with one attached hydrogen (secondary N) is 2. The lowest BCUT2D eigenvalue weighted by molar-refractivity contribution is -0.115. The molecule has 0 heterocycles. The summed E-state index contributed by atoms with van der Waals surface area (Å²) < 4.78 is 5.86. The second-order valence-corrected chi connectivity index (χ2v) is 7.19. The second kappa shape index (κ2) is 9.74. The predicted octanol–water partition coefficient (Wildman–Crippen LogP) is 5.48. The highest BCUT2D eigenvalue weighted by atomic mass is 16.5. The van der Waals surface area contributed by atoms with Gasteiger partial charge in [-0.25, -0.2) is 0 Å². The SMILES string of the molecule is CCC(=O)Nc1ccc(C)c(NC(=O)c2cccc(OCc3cccc(C)c3)c2)c1. The van der Waals surface area contributed by atoms with Crippen LogP contribution in [0.3, 0.4) is 0 Å². The molecule has 3 aromatic carbocycles. The van der Waals surface area contributed by atoms with Crippen LogP contribution < -0.4 is 15.4 Å². The first kappa shape index (κ1) is 21.1. The molecule has 0 bridgehead atoms. The first-order valence-electron chi connectivity index (χ1n) is 9.95. The van der Waals surface area contributed by atoms with Crippen molar-refractivity contribution < 1.29 is 14.3 Å². The second-order valence-electron chi connectivity index (χ2n) is 7.19. The van der Waals surface area contributed by atoms with E-state index in [9.17, 15) is 9.59 Å². The number of ether oxygens (including phenoxy) is 1. The Morgan fingerprint density at radius 2 is 1.70 bits per heavy atom. The van der Waals surface area contributed by atoms with Crippen molar-refractivity contribution >= 4 is 23.2 Å². The molecule has 0 aliphatic heterocycles. The van der Waals surface area contributed by atoms with Gasteiger partial charge < -0.3 is 15.4 Å². The van der Waals surface area contributed by atoms with Crippen molar-refractivity contribution in [2.45, 2.75) is 33.8 Å². The number of amides is 2. The molecular formula is C25H26N2O3. The van der Waals surface area contributed by atoms with Crippen molar-refractivity contribution in [2.24, 2.45) is 0 Å². The lowest BCUT2D eigenvalue weighted by Gasteiger charge is -2.12. The first-order valence-corrected chi connectivity index (χ1v) is 9.95. The van der Waals surface area contributed by atoms with E-state index < -0.39 is 0 Å². The van der Waals surface area contributed by atoms with Crippen molar-refractivity contribution in [2.75, 3.05) is 10.6 Å². The van der Waals surface area contributed by atoms with Crippen LogP contribution in [-0.2, 0) is 11.4 Å². The minimum atomic E-state index is -0.238. The molecule has 0 spiro atoms. The number of hydrogen-bond donors (Lipinski definition) is 2. The minimum Gasteiger partial charge on any atom is -0.489 e. The van der Waals surface area contributed by atoms with E-state index in [1.54, 1.807) is 31.2 Å². The quantitative estimate of drug-likeness (QED) is 0.550. The van der Waals surface area contributed by atoms with Gasteiger partial charge in [-0.15, -0.1) is 0 Å². The Labute approximate surface area is 177 Å². The van der Waals surface area contributed by atoms with Crippen LogP contribution in [0.2, 0.25) is 0 Å². The molecule has 0 atom stereocenters. The van der Waals surface area contributed by atoms with Gasteiger partial charge in [0.25, 0.3) is 5.91 Å². The predicted molar refractivity (Wildman–Crippen MR) is 120 cm³/mol. The third-order valence-electron chi connectivity index (χ3n) is 4.67. The van der Waals surface area contributed by atoms with E-state index in [-0.39, 0.29) is 11.8 Å². The molecule has 0 saturated carbocycles. The molecule has 0 aliphatic rings. The lowest BCUT2D eigenvalue weighted by Crippen LogP contribution is -2.14. The number of hydrogen-bond acceptors (Lipinski definition) is 3. The zero-order valence-corrected chi connectivity index (χ0v) is 17.5. The van der Waals surface area contributed by atoms with Gasteiger partial charge in [0.2, 0.25) is 5.91 Å². The van der Waals surface area contributed by atoms with Crippen molar-refractivity contribution in [3.05, 3.63) is 89.0 Å². The van der Waals surface area contributed by atoms with Crippen molar-refractivity contribution in [1.82, 2.24) is 0 Å². The monoisotopic (exact) mass is 402 g/mol. The molecule has 3 aromatic rings. The topological polar surface area (TPSA) is 67.4 Å². The lowest BCUT2D eigenvalue weighted by atomic mass is 10.1. The van der Waals surface area contributed by atoms with E-state index in [1.807, 2.05) is 50.2 Å². The Bertz CT molecular complexity index is 1060. The number of rotatable bonds is 7. The van der Waals surface area contributed by atoms with Crippen LogP contribution in [0.1, 0.15) is 40.4 Å². The molecule has 0 unspecified atom stereocenters. The molecule has 30 heavy (non-hydrogen) atoms. The molecule has 2 amide bonds. The molecule has 0 fully saturated rings. The summed E-state index contributed by atoms with van der Waals surface area (Å²) in [6.45, 7) is 6.17. The maximum Gasteiger partial charge on any atom is 0.255 e. The smallest absolute Gasteiger partial charge is 0.255 e. The summed E-state index contributed by atoms with van der Waals surface area (Å²) in [4.78, 5) is 24.4. The van der Waals surface area contributed by atoms with Crippen molar-refractivity contribution in [3.8, 4) is 5.75 Å². The zero-order valence-electron chi connectivity index (χ0n) is 17.5. The summed E-state index contributed by atoms with van der Waals surface area (Å²) in [6, 6.07) is 20.7.